The van der Waals surface area contributed by atoms with Crippen LogP contribution in [0.15, 0.2) is 71.3 Å². The smallest absolute Gasteiger partial charge is 0.405 e. The van der Waals surface area contributed by atoms with Gasteiger partial charge in [-0.2, -0.15) is 0 Å². The molecular formula is C25H24BN2O+. The van der Waals surface area contributed by atoms with Gasteiger partial charge in [-0.15, -0.1) is 0 Å². The van der Waals surface area contributed by atoms with Crippen molar-refractivity contribution in [1.82, 2.24) is 0 Å². The predicted molar refractivity (Wildman–Crippen MR) is 121 cm³/mol. The van der Waals surface area contributed by atoms with Gasteiger partial charge in [-0.05, 0) is 49.3 Å². The van der Waals surface area contributed by atoms with Gasteiger partial charge >= 0.3 is 6.85 Å². The van der Waals surface area contributed by atoms with Gasteiger partial charge in [-0.3, -0.25) is 4.81 Å². The van der Waals surface area contributed by atoms with Crippen LogP contribution in [-0.4, -0.2) is 6.85 Å². The number of furan rings is 1. The lowest BCUT2D eigenvalue weighted by atomic mass is 9.61. The number of pyridine rings is 1. The van der Waals surface area contributed by atoms with E-state index in [9.17, 15) is 0 Å². The van der Waals surface area contributed by atoms with Gasteiger partial charge < -0.3 is 4.42 Å². The van der Waals surface area contributed by atoms with Gasteiger partial charge in [0, 0.05) is 15.6 Å². The summed E-state index contributed by atoms with van der Waals surface area (Å²) in [5, 5.41) is 2.16. The SMILES string of the molecule is [2H]C([2H])([2H])c1c[n+](C)c(N2B(C)C=c3oc4ccccc4c3=C2C)cc1-c1ccccc1. The van der Waals surface area contributed by atoms with Crippen LogP contribution in [0.4, 0.5) is 5.82 Å². The first-order valence-corrected chi connectivity index (χ1v) is 9.85. The van der Waals surface area contributed by atoms with Gasteiger partial charge in [0.1, 0.15) is 11.0 Å². The Labute approximate surface area is 175 Å². The molecule has 0 fully saturated rings. The molecule has 4 heteroatoms. The van der Waals surface area contributed by atoms with Gasteiger partial charge in [-0.25, -0.2) is 4.57 Å². The van der Waals surface area contributed by atoms with Crippen molar-refractivity contribution < 1.29 is 13.1 Å². The summed E-state index contributed by atoms with van der Waals surface area (Å²) in [4.78, 5) is 2.25. The number of benzene rings is 2. The number of hydrogen-bond acceptors (Lipinski definition) is 2. The van der Waals surface area contributed by atoms with Crippen LogP contribution in [-0.2, 0) is 7.05 Å². The third-order valence-corrected chi connectivity index (χ3v) is 5.73. The standard InChI is InChI=1S/C25H24BN2O/c1-17-16-27(4)24(14-21(17)19-10-6-5-7-11-19)28-18(2)25-20-12-8-9-13-22(20)29-23(25)15-26(28)3/h5-16H,1-4H3/q+1/i1D3. The minimum atomic E-state index is -2.21. The van der Waals surface area contributed by atoms with Crippen LogP contribution in [0.2, 0.25) is 6.82 Å². The summed E-state index contributed by atoms with van der Waals surface area (Å²) in [6.45, 7) is 2.05. The summed E-state index contributed by atoms with van der Waals surface area (Å²) in [6.07, 6.45) is 1.74. The Morgan fingerprint density at radius 3 is 2.62 bits per heavy atom. The molecule has 0 N–H and O–H groups in total. The summed E-state index contributed by atoms with van der Waals surface area (Å²) >= 11 is 0. The highest BCUT2D eigenvalue weighted by molar-refractivity contribution is 6.77. The Morgan fingerprint density at radius 2 is 1.83 bits per heavy atom. The van der Waals surface area contributed by atoms with Crippen LogP contribution in [0.25, 0.3) is 33.8 Å². The van der Waals surface area contributed by atoms with E-state index >= 15 is 0 Å². The lowest BCUT2D eigenvalue weighted by molar-refractivity contribution is -0.658. The number of aryl methyl sites for hydroxylation is 2. The van der Waals surface area contributed by atoms with Gasteiger partial charge in [0.2, 0.25) is 0 Å². The molecule has 2 aromatic heterocycles. The van der Waals surface area contributed by atoms with Crippen LogP contribution in [0.5, 0.6) is 0 Å². The van der Waals surface area contributed by atoms with Crippen LogP contribution < -0.4 is 20.0 Å². The van der Waals surface area contributed by atoms with Gasteiger partial charge in [-0.1, -0.05) is 48.5 Å². The van der Waals surface area contributed by atoms with E-state index in [1.165, 1.54) is 0 Å². The molecular weight excluding hydrogens is 355 g/mol. The lowest BCUT2D eigenvalue weighted by Gasteiger charge is -2.24. The monoisotopic (exact) mass is 382 g/mol. The van der Waals surface area contributed by atoms with Crippen molar-refractivity contribution in [3.05, 3.63) is 83.1 Å². The van der Waals surface area contributed by atoms with Crippen molar-refractivity contribution in [3.8, 4) is 11.1 Å². The fourth-order valence-corrected chi connectivity index (χ4v) is 4.39. The number of rotatable bonds is 2. The molecule has 5 rings (SSSR count). The Kier molecular flexibility index (Phi) is 3.38. The van der Waals surface area contributed by atoms with Crippen molar-refractivity contribution in [2.24, 2.45) is 7.05 Å². The number of anilines is 1. The summed E-state index contributed by atoms with van der Waals surface area (Å²) in [7, 11) is 1.91. The largest absolute Gasteiger partial charge is 0.457 e. The molecule has 4 aromatic rings. The van der Waals surface area contributed by atoms with Gasteiger partial charge in [0.05, 0.1) is 24.2 Å². The second-order valence-corrected chi connectivity index (χ2v) is 7.64. The summed E-state index contributed by atoms with van der Waals surface area (Å²) in [6, 6.07) is 19.8. The first kappa shape index (κ1) is 14.7. The van der Waals surface area contributed by atoms with E-state index in [1.807, 2.05) is 66.2 Å². The van der Waals surface area contributed by atoms with E-state index in [-0.39, 0.29) is 6.85 Å². The molecule has 142 valence electrons. The quantitative estimate of drug-likeness (QED) is 0.388. The van der Waals surface area contributed by atoms with E-state index in [0.717, 1.165) is 44.2 Å². The molecule has 29 heavy (non-hydrogen) atoms. The minimum Gasteiger partial charge on any atom is -0.457 e. The van der Waals surface area contributed by atoms with Crippen molar-refractivity contribution in [2.75, 3.05) is 4.81 Å². The lowest BCUT2D eigenvalue weighted by Crippen LogP contribution is -2.50. The Balaban J connectivity index is 1.78. The molecule has 0 spiro atoms. The highest BCUT2D eigenvalue weighted by atomic mass is 16.3. The Bertz CT molecular complexity index is 1460. The van der Waals surface area contributed by atoms with Crippen molar-refractivity contribution in [2.45, 2.75) is 20.6 Å². The highest BCUT2D eigenvalue weighted by Gasteiger charge is 2.34. The summed E-state index contributed by atoms with van der Waals surface area (Å²) in [5.74, 6) is 3.05. The van der Waals surface area contributed by atoms with Gasteiger partial charge in [0.25, 0.3) is 5.82 Å². The first-order valence-electron chi connectivity index (χ1n) is 11.3. The Hall–Kier alpha value is -3.27. The van der Waals surface area contributed by atoms with Crippen LogP contribution >= 0.6 is 0 Å². The maximum Gasteiger partial charge on any atom is 0.405 e. The number of fused-ring (bicyclic) bond motifs is 3. The molecule has 0 radical (unpaired) electrons. The second kappa shape index (κ2) is 6.66. The molecule has 2 aromatic carbocycles. The fourth-order valence-electron chi connectivity index (χ4n) is 4.39. The predicted octanol–water partition coefficient (Wildman–Crippen LogP) is 3.82. The Morgan fingerprint density at radius 1 is 1.07 bits per heavy atom. The molecule has 0 saturated carbocycles. The minimum absolute atomic E-state index is 0.0384. The van der Waals surface area contributed by atoms with Crippen LogP contribution in [0.1, 0.15) is 16.6 Å². The van der Waals surface area contributed by atoms with Crippen molar-refractivity contribution >= 4 is 35.3 Å². The molecule has 0 bridgehead atoms. The normalized spacial score (nSPS) is 15.6. The maximum absolute atomic E-state index is 8.10. The molecule has 3 heterocycles. The third kappa shape index (κ3) is 2.79. The molecule has 3 nitrogen and oxygen atoms in total. The number of aromatic nitrogens is 1. The second-order valence-electron chi connectivity index (χ2n) is 7.64. The zero-order valence-corrected chi connectivity index (χ0v) is 16.8. The van der Waals surface area contributed by atoms with Crippen LogP contribution in [0.3, 0.4) is 0 Å². The van der Waals surface area contributed by atoms with Gasteiger partial charge in [0.15, 0.2) is 0 Å². The third-order valence-electron chi connectivity index (χ3n) is 5.73. The van der Waals surface area contributed by atoms with E-state index in [2.05, 4.69) is 30.6 Å². The van der Waals surface area contributed by atoms with E-state index < -0.39 is 6.85 Å². The van der Waals surface area contributed by atoms with Crippen molar-refractivity contribution in [3.63, 3.8) is 0 Å². The number of para-hydroxylation sites is 1. The molecule has 0 amide bonds. The average Bonchev–Trinajstić information content (AvgIpc) is 3.12. The molecule has 0 atom stereocenters. The topological polar surface area (TPSA) is 20.3 Å². The molecule has 0 unspecified atom stereocenters. The summed E-state index contributed by atoms with van der Waals surface area (Å²) < 4.78 is 32.3. The van der Waals surface area contributed by atoms with E-state index in [0.29, 0.717) is 5.56 Å². The molecule has 1 aliphatic rings. The maximum atomic E-state index is 8.10. The van der Waals surface area contributed by atoms with Crippen LogP contribution in [0, 0.1) is 6.85 Å². The highest BCUT2D eigenvalue weighted by Crippen LogP contribution is 2.28. The van der Waals surface area contributed by atoms with Crippen molar-refractivity contribution in [1.29, 1.82) is 0 Å². The number of nitrogens with zero attached hydrogens (tertiary/aromatic N) is 2. The zero-order valence-electron chi connectivity index (χ0n) is 19.8. The first-order chi connectivity index (χ1) is 15.3. The molecule has 0 saturated heterocycles. The fraction of sp³-hybridized carbons (Fsp3) is 0.160. The van der Waals surface area contributed by atoms with E-state index in [4.69, 9.17) is 8.53 Å². The zero-order chi connectivity index (χ0) is 22.6. The van der Waals surface area contributed by atoms with E-state index in [1.54, 1.807) is 6.20 Å². The molecule has 0 aliphatic carbocycles. The number of hydrogen-bond donors (Lipinski definition) is 0. The summed E-state index contributed by atoms with van der Waals surface area (Å²) in [5.41, 5.74) is 4.79. The average molecular weight is 382 g/mol. The molecule has 1 aliphatic heterocycles.